The van der Waals surface area contributed by atoms with Gasteiger partial charge in [-0.15, -0.1) is 0 Å². The molecule has 0 spiro atoms. The highest BCUT2D eigenvalue weighted by Crippen LogP contribution is 2.29. The quantitative estimate of drug-likeness (QED) is 0.926. The molecule has 1 aliphatic rings. The summed E-state index contributed by atoms with van der Waals surface area (Å²) < 4.78 is 20.9. The molecule has 1 aliphatic heterocycles. The van der Waals surface area contributed by atoms with E-state index in [4.69, 9.17) is 4.74 Å². The summed E-state index contributed by atoms with van der Waals surface area (Å²) in [5.74, 6) is 0.132. The lowest BCUT2D eigenvalue weighted by molar-refractivity contribution is 0.149. The van der Waals surface area contributed by atoms with E-state index in [0.717, 1.165) is 12.0 Å². The van der Waals surface area contributed by atoms with Crippen molar-refractivity contribution < 1.29 is 13.9 Å². The normalized spacial score (nSPS) is 20.4. The van der Waals surface area contributed by atoms with E-state index < -0.39 is 5.82 Å². The number of anilines is 1. The third-order valence-electron chi connectivity index (χ3n) is 4.85. The third-order valence-corrected chi connectivity index (χ3v) is 4.85. The zero-order valence-corrected chi connectivity index (χ0v) is 14.7. The van der Waals surface area contributed by atoms with Crippen molar-refractivity contribution in [3.05, 3.63) is 42.2 Å². The number of halogens is 1. The van der Waals surface area contributed by atoms with Gasteiger partial charge < -0.3 is 19.5 Å². The number of nitrogens with one attached hydrogen (secondary N) is 1. The fraction of sp³-hybridized carbons (Fsp3) is 0.444. The first kappa shape index (κ1) is 17.3. The summed E-state index contributed by atoms with van der Waals surface area (Å²) in [6, 6.07) is 2.85. The summed E-state index contributed by atoms with van der Waals surface area (Å²) in [6.07, 6.45) is 6.36. The Morgan fingerprint density at radius 2 is 2.24 bits per heavy atom. The van der Waals surface area contributed by atoms with Crippen LogP contribution in [-0.4, -0.2) is 40.7 Å². The number of likely N-dealkylation sites (tertiary alicyclic amines) is 1. The summed E-state index contributed by atoms with van der Waals surface area (Å²) in [6.45, 7) is 5.27. The van der Waals surface area contributed by atoms with Crippen LogP contribution < -0.4 is 10.1 Å². The molecular formula is C18H23FN4O2. The van der Waals surface area contributed by atoms with E-state index in [1.807, 2.05) is 17.7 Å². The predicted molar refractivity (Wildman–Crippen MR) is 93.3 cm³/mol. The SMILES string of the molecule is COc1cc(C)c(NC(=O)N2CC[C@H](C)[C@H](n3ccnc3)C2)cc1F. The van der Waals surface area contributed by atoms with Gasteiger partial charge in [0, 0.05) is 37.2 Å². The van der Waals surface area contributed by atoms with Gasteiger partial charge in [0.2, 0.25) is 0 Å². The van der Waals surface area contributed by atoms with E-state index in [9.17, 15) is 9.18 Å². The molecule has 1 aromatic carbocycles. The summed E-state index contributed by atoms with van der Waals surface area (Å²) in [5, 5.41) is 2.82. The Balaban J connectivity index is 1.72. The second-order valence-corrected chi connectivity index (χ2v) is 6.52. The van der Waals surface area contributed by atoms with Crippen LogP contribution in [0.25, 0.3) is 0 Å². The monoisotopic (exact) mass is 346 g/mol. The first-order chi connectivity index (χ1) is 12.0. The average Bonchev–Trinajstić information content (AvgIpc) is 3.12. The molecule has 2 amide bonds. The summed E-state index contributed by atoms with van der Waals surface area (Å²) in [7, 11) is 1.42. The second kappa shape index (κ2) is 7.13. The Kier molecular flexibility index (Phi) is 4.92. The lowest BCUT2D eigenvalue weighted by atomic mass is 9.93. The number of imidazole rings is 1. The number of piperidine rings is 1. The van der Waals surface area contributed by atoms with Crippen LogP contribution in [0.15, 0.2) is 30.9 Å². The number of benzene rings is 1. The zero-order chi connectivity index (χ0) is 18.0. The zero-order valence-electron chi connectivity index (χ0n) is 14.7. The smallest absolute Gasteiger partial charge is 0.321 e. The summed E-state index contributed by atoms with van der Waals surface area (Å²) in [5.41, 5.74) is 1.21. The maximum absolute atomic E-state index is 13.9. The van der Waals surface area contributed by atoms with Crippen LogP contribution in [0.4, 0.5) is 14.9 Å². The van der Waals surface area contributed by atoms with E-state index in [1.54, 1.807) is 23.5 Å². The van der Waals surface area contributed by atoms with E-state index in [-0.39, 0.29) is 17.8 Å². The first-order valence-corrected chi connectivity index (χ1v) is 8.37. The van der Waals surface area contributed by atoms with Crippen molar-refractivity contribution in [1.29, 1.82) is 0 Å². The number of nitrogens with zero attached hydrogens (tertiary/aromatic N) is 3. The number of aromatic nitrogens is 2. The molecule has 0 aliphatic carbocycles. The maximum atomic E-state index is 13.9. The van der Waals surface area contributed by atoms with Gasteiger partial charge in [-0.05, 0) is 30.9 Å². The molecule has 6 nitrogen and oxygen atoms in total. The van der Waals surface area contributed by atoms with Crippen LogP contribution in [0.1, 0.15) is 24.9 Å². The molecule has 134 valence electrons. The van der Waals surface area contributed by atoms with Crippen molar-refractivity contribution in [2.24, 2.45) is 5.92 Å². The van der Waals surface area contributed by atoms with Crippen LogP contribution in [-0.2, 0) is 0 Å². The molecular weight excluding hydrogens is 323 g/mol. The Bertz CT molecular complexity index is 748. The second-order valence-electron chi connectivity index (χ2n) is 6.52. The topological polar surface area (TPSA) is 59.4 Å². The van der Waals surface area contributed by atoms with Gasteiger partial charge in [0.1, 0.15) is 0 Å². The minimum Gasteiger partial charge on any atom is -0.494 e. The standard InChI is InChI=1S/C18H23FN4O2/c1-12-4-6-22(10-16(12)23-7-5-20-11-23)18(24)21-15-9-14(19)17(25-3)8-13(15)2/h5,7-9,11-12,16H,4,6,10H2,1-3H3,(H,21,24)/t12-,16+/m0/s1. The number of rotatable bonds is 3. The highest BCUT2D eigenvalue weighted by atomic mass is 19.1. The van der Waals surface area contributed by atoms with Gasteiger partial charge in [0.05, 0.1) is 19.5 Å². The van der Waals surface area contributed by atoms with Gasteiger partial charge in [-0.1, -0.05) is 6.92 Å². The van der Waals surface area contributed by atoms with Crippen LogP contribution in [0, 0.1) is 18.7 Å². The highest BCUT2D eigenvalue weighted by Gasteiger charge is 2.30. The average molecular weight is 346 g/mol. The van der Waals surface area contributed by atoms with Crippen molar-refractivity contribution in [1.82, 2.24) is 14.5 Å². The van der Waals surface area contributed by atoms with Crippen LogP contribution in [0.3, 0.4) is 0 Å². The van der Waals surface area contributed by atoms with Crippen LogP contribution in [0.2, 0.25) is 0 Å². The summed E-state index contributed by atoms with van der Waals surface area (Å²) in [4.78, 5) is 18.5. The minimum absolute atomic E-state index is 0.169. The lowest BCUT2D eigenvalue weighted by Crippen LogP contribution is -2.45. The fourth-order valence-electron chi connectivity index (χ4n) is 3.23. The number of carbonyl (C=O) groups is 1. The Morgan fingerprint density at radius 3 is 2.92 bits per heavy atom. The van der Waals surface area contributed by atoms with Crippen molar-refractivity contribution >= 4 is 11.7 Å². The third kappa shape index (κ3) is 3.60. The molecule has 0 unspecified atom stereocenters. The molecule has 0 bridgehead atoms. The number of methoxy groups -OCH3 is 1. The van der Waals surface area contributed by atoms with Crippen LogP contribution in [0.5, 0.6) is 5.75 Å². The van der Waals surface area contributed by atoms with Crippen molar-refractivity contribution in [3.8, 4) is 5.75 Å². The molecule has 0 radical (unpaired) electrons. The number of carbonyl (C=O) groups excluding carboxylic acids is 1. The van der Waals surface area contributed by atoms with Crippen molar-refractivity contribution in [3.63, 3.8) is 0 Å². The maximum Gasteiger partial charge on any atom is 0.321 e. The Morgan fingerprint density at radius 1 is 1.44 bits per heavy atom. The van der Waals surface area contributed by atoms with Gasteiger partial charge in [-0.2, -0.15) is 0 Å². The van der Waals surface area contributed by atoms with Gasteiger partial charge in [-0.25, -0.2) is 14.2 Å². The molecule has 0 saturated carbocycles. The summed E-state index contributed by atoms with van der Waals surface area (Å²) >= 11 is 0. The Labute approximate surface area is 146 Å². The highest BCUT2D eigenvalue weighted by molar-refractivity contribution is 5.90. The molecule has 3 rings (SSSR count). The fourth-order valence-corrected chi connectivity index (χ4v) is 3.23. The van der Waals surface area contributed by atoms with E-state index in [0.29, 0.717) is 24.7 Å². The molecule has 1 aromatic heterocycles. The van der Waals surface area contributed by atoms with E-state index in [2.05, 4.69) is 17.2 Å². The number of hydrogen-bond acceptors (Lipinski definition) is 3. The van der Waals surface area contributed by atoms with E-state index >= 15 is 0 Å². The first-order valence-electron chi connectivity index (χ1n) is 8.37. The van der Waals surface area contributed by atoms with Crippen LogP contribution >= 0.6 is 0 Å². The number of amides is 2. The molecule has 7 heteroatoms. The molecule has 1 saturated heterocycles. The molecule has 25 heavy (non-hydrogen) atoms. The minimum atomic E-state index is -0.494. The number of ether oxygens (including phenoxy) is 1. The molecule has 2 atom stereocenters. The van der Waals surface area contributed by atoms with Gasteiger partial charge in [0.25, 0.3) is 0 Å². The van der Waals surface area contributed by atoms with Gasteiger partial charge in [-0.3, -0.25) is 0 Å². The lowest BCUT2D eigenvalue weighted by Gasteiger charge is -2.37. The number of hydrogen-bond donors (Lipinski definition) is 1. The van der Waals surface area contributed by atoms with E-state index in [1.165, 1.54) is 13.2 Å². The van der Waals surface area contributed by atoms with Gasteiger partial charge in [0.15, 0.2) is 11.6 Å². The van der Waals surface area contributed by atoms with Gasteiger partial charge >= 0.3 is 6.03 Å². The molecule has 2 heterocycles. The molecule has 1 fully saturated rings. The van der Waals surface area contributed by atoms with Crippen molar-refractivity contribution in [2.45, 2.75) is 26.3 Å². The number of aryl methyl sites for hydroxylation is 1. The van der Waals surface area contributed by atoms with Crippen molar-refractivity contribution in [2.75, 3.05) is 25.5 Å². The number of urea groups is 1. The predicted octanol–water partition coefficient (Wildman–Crippen LogP) is 3.45. The molecule has 1 N–H and O–H groups in total. The molecule has 2 aromatic rings. The largest absolute Gasteiger partial charge is 0.494 e. The Hall–Kier alpha value is -2.57.